The molecule has 1 aliphatic rings. The lowest BCUT2D eigenvalue weighted by molar-refractivity contribution is 0.0595. The van der Waals surface area contributed by atoms with Crippen molar-refractivity contribution in [1.29, 1.82) is 0 Å². The van der Waals surface area contributed by atoms with Gasteiger partial charge in [0.1, 0.15) is 18.2 Å². The fraction of sp³-hybridized carbons (Fsp3) is 0.350. The highest BCUT2D eigenvalue weighted by Crippen LogP contribution is 2.29. The molecule has 4 nitrogen and oxygen atoms in total. The fourth-order valence-electron chi connectivity index (χ4n) is 3.21. The molecule has 0 N–H and O–H groups in total. The van der Waals surface area contributed by atoms with Gasteiger partial charge in [0.15, 0.2) is 0 Å². The van der Waals surface area contributed by atoms with Gasteiger partial charge in [0.25, 0.3) is 0 Å². The van der Waals surface area contributed by atoms with E-state index in [1.807, 2.05) is 24.3 Å². The molecule has 0 bridgehead atoms. The van der Waals surface area contributed by atoms with Crippen molar-refractivity contribution in [2.45, 2.75) is 25.4 Å². The monoisotopic (exact) mass is 411 g/mol. The van der Waals surface area contributed by atoms with Gasteiger partial charge in [0.2, 0.25) is 0 Å². The van der Waals surface area contributed by atoms with Crippen LogP contribution in [0.2, 0.25) is 10.0 Å². The van der Waals surface area contributed by atoms with E-state index >= 15 is 0 Å². The third-order valence-corrected chi connectivity index (χ3v) is 5.20. The largest absolute Gasteiger partial charge is 0.490 e. The predicted molar refractivity (Wildman–Crippen MR) is 103 cm³/mol. The van der Waals surface area contributed by atoms with Gasteiger partial charge in [-0.15, -0.1) is 0 Å². The molecule has 1 fully saturated rings. The zero-order chi connectivity index (χ0) is 19.4. The first-order valence-electron chi connectivity index (χ1n) is 8.66. The quantitative estimate of drug-likeness (QED) is 0.629. The van der Waals surface area contributed by atoms with Gasteiger partial charge in [-0.2, -0.15) is 0 Å². The Kier molecular flexibility index (Phi) is 6.58. The van der Waals surface area contributed by atoms with E-state index in [0.717, 1.165) is 32.0 Å². The summed E-state index contributed by atoms with van der Waals surface area (Å²) in [6.45, 7) is 2.17. The van der Waals surface area contributed by atoms with Crippen molar-refractivity contribution >= 4 is 29.2 Å². The minimum atomic E-state index is -0.772. The van der Waals surface area contributed by atoms with E-state index in [1.54, 1.807) is 0 Å². The van der Waals surface area contributed by atoms with Crippen LogP contribution in [-0.4, -0.2) is 37.2 Å². The maximum atomic E-state index is 14.1. The lowest BCUT2D eigenvalue weighted by atomic mass is 10.2. The molecule has 0 saturated carbocycles. The lowest BCUT2D eigenvalue weighted by Gasteiger charge is -2.25. The SMILES string of the molecule is COC(=O)c1cc(Cl)c(OC[C@H]2CCCN2Cc2ccc(Cl)cc2)cc1F. The van der Waals surface area contributed by atoms with Crippen LogP contribution in [0.1, 0.15) is 28.8 Å². The second-order valence-electron chi connectivity index (χ2n) is 6.46. The first-order valence-corrected chi connectivity index (χ1v) is 9.42. The molecule has 1 heterocycles. The second kappa shape index (κ2) is 8.91. The molecule has 1 saturated heterocycles. The topological polar surface area (TPSA) is 38.8 Å². The first-order chi connectivity index (χ1) is 13.0. The number of benzene rings is 2. The minimum absolute atomic E-state index is 0.180. The van der Waals surface area contributed by atoms with Crippen molar-refractivity contribution in [2.24, 2.45) is 0 Å². The van der Waals surface area contributed by atoms with Crippen LogP contribution in [0.5, 0.6) is 5.75 Å². The minimum Gasteiger partial charge on any atom is -0.490 e. The van der Waals surface area contributed by atoms with Crippen molar-refractivity contribution in [1.82, 2.24) is 4.90 Å². The number of nitrogens with zero attached hydrogens (tertiary/aromatic N) is 1. The van der Waals surface area contributed by atoms with E-state index in [4.69, 9.17) is 27.9 Å². The summed E-state index contributed by atoms with van der Waals surface area (Å²) in [5.41, 5.74) is 0.970. The zero-order valence-electron chi connectivity index (χ0n) is 14.9. The standard InChI is InChI=1S/C20H20Cl2FNO3/c1-26-20(25)16-9-17(22)19(10-18(16)23)27-12-15-3-2-8-24(15)11-13-4-6-14(21)7-5-13/h4-7,9-10,15H,2-3,8,11-12H2,1H3/t15-/m1/s1. The number of carbonyl (C=O) groups excluding carboxylic acids is 1. The van der Waals surface area contributed by atoms with Gasteiger partial charge in [-0.05, 0) is 43.1 Å². The average Bonchev–Trinajstić information content (AvgIpc) is 3.10. The summed E-state index contributed by atoms with van der Waals surface area (Å²) < 4.78 is 24.4. The molecular formula is C20H20Cl2FNO3. The van der Waals surface area contributed by atoms with E-state index < -0.39 is 11.8 Å². The third kappa shape index (κ3) is 4.92. The van der Waals surface area contributed by atoms with Crippen LogP contribution in [0.15, 0.2) is 36.4 Å². The van der Waals surface area contributed by atoms with Gasteiger partial charge in [-0.25, -0.2) is 9.18 Å². The van der Waals surface area contributed by atoms with Crippen LogP contribution in [0.25, 0.3) is 0 Å². The normalized spacial score (nSPS) is 17.1. The molecule has 2 aromatic rings. The smallest absolute Gasteiger partial charge is 0.340 e. The molecule has 7 heteroatoms. The molecule has 27 heavy (non-hydrogen) atoms. The van der Waals surface area contributed by atoms with Crippen LogP contribution in [0.3, 0.4) is 0 Å². The summed E-state index contributed by atoms with van der Waals surface area (Å²) in [4.78, 5) is 13.9. The molecule has 144 valence electrons. The van der Waals surface area contributed by atoms with E-state index in [-0.39, 0.29) is 22.4 Å². The molecule has 0 aliphatic carbocycles. The van der Waals surface area contributed by atoms with Crippen LogP contribution in [0, 0.1) is 5.82 Å². The van der Waals surface area contributed by atoms with Crippen LogP contribution in [-0.2, 0) is 11.3 Å². The lowest BCUT2D eigenvalue weighted by Crippen LogP contribution is -2.33. The highest BCUT2D eigenvalue weighted by molar-refractivity contribution is 6.32. The Morgan fingerprint density at radius 1 is 1.26 bits per heavy atom. The Hall–Kier alpha value is -1.82. The predicted octanol–water partition coefficient (Wildman–Crippen LogP) is 4.96. The molecule has 0 amide bonds. The average molecular weight is 412 g/mol. The van der Waals surface area contributed by atoms with Crippen molar-refractivity contribution in [3.63, 3.8) is 0 Å². The Labute approximate surface area is 167 Å². The highest BCUT2D eigenvalue weighted by Gasteiger charge is 2.26. The molecule has 0 unspecified atom stereocenters. The maximum absolute atomic E-state index is 14.1. The fourth-order valence-corrected chi connectivity index (χ4v) is 3.55. The molecule has 0 radical (unpaired) electrons. The molecule has 2 aromatic carbocycles. The second-order valence-corrected chi connectivity index (χ2v) is 7.30. The van der Waals surface area contributed by atoms with Crippen molar-refractivity contribution in [3.8, 4) is 5.75 Å². The van der Waals surface area contributed by atoms with Gasteiger partial charge in [0.05, 0.1) is 17.7 Å². The summed E-state index contributed by atoms with van der Waals surface area (Å²) in [7, 11) is 1.19. The summed E-state index contributed by atoms with van der Waals surface area (Å²) in [6, 6.07) is 10.4. The van der Waals surface area contributed by atoms with Gasteiger partial charge >= 0.3 is 5.97 Å². The molecule has 0 spiro atoms. The van der Waals surface area contributed by atoms with E-state index in [1.165, 1.54) is 18.7 Å². The molecule has 1 aliphatic heterocycles. The van der Waals surface area contributed by atoms with Crippen molar-refractivity contribution < 1.29 is 18.7 Å². The third-order valence-electron chi connectivity index (χ3n) is 4.66. The maximum Gasteiger partial charge on any atom is 0.340 e. The first kappa shape index (κ1) is 19.9. The summed E-state index contributed by atoms with van der Waals surface area (Å²) >= 11 is 12.1. The van der Waals surface area contributed by atoms with Crippen LogP contribution >= 0.6 is 23.2 Å². The summed E-state index contributed by atoms with van der Waals surface area (Å²) in [5, 5.41) is 0.895. The summed E-state index contributed by atoms with van der Waals surface area (Å²) in [6.07, 6.45) is 2.07. The Morgan fingerprint density at radius 2 is 2.00 bits per heavy atom. The number of esters is 1. The zero-order valence-corrected chi connectivity index (χ0v) is 16.4. The number of halogens is 3. The number of hydrogen-bond donors (Lipinski definition) is 0. The van der Waals surface area contributed by atoms with Gasteiger partial charge in [-0.3, -0.25) is 4.90 Å². The van der Waals surface area contributed by atoms with Gasteiger partial charge < -0.3 is 9.47 Å². The van der Waals surface area contributed by atoms with Crippen molar-refractivity contribution in [3.05, 3.63) is 63.4 Å². The van der Waals surface area contributed by atoms with Gasteiger partial charge in [0, 0.05) is 23.7 Å². The number of carbonyl (C=O) groups is 1. The molecule has 0 aromatic heterocycles. The number of rotatable bonds is 6. The number of methoxy groups -OCH3 is 1. The van der Waals surface area contributed by atoms with Gasteiger partial charge in [-0.1, -0.05) is 35.3 Å². The number of likely N-dealkylation sites (tertiary alicyclic amines) is 1. The van der Waals surface area contributed by atoms with Crippen molar-refractivity contribution in [2.75, 3.05) is 20.3 Å². The van der Waals surface area contributed by atoms with Crippen LogP contribution in [0.4, 0.5) is 4.39 Å². The number of hydrogen-bond acceptors (Lipinski definition) is 4. The summed E-state index contributed by atoms with van der Waals surface area (Å²) in [5.74, 6) is -1.27. The van der Waals surface area contributed by atoms with E-state index in [9.17, 15) is 9.18 Å². The Morgan fingerprint density at radius 3 is 2.70 bits per heavy atom. The molecular weight excluding hydrogens is 392 g/mol. The van der Waals surface area contributed by atoms with E-state index in [0.29, 0.717) is 11.6 Å². The molecule has 1 atom stereocenters. The highest BCUT2D eigenvalue weighted by atomic mass is 35.5. The Bertz CT molecular complexity index is 814. The Balaban J connectivity index is 1.64. The van der Waals surface area contributed by atoms with E-state index in [2.05, 4.69) is 9.64 Å². The molecule has 3 rings (SSSR count). The van der Waals surface area contributed by atoms with Crippen LogP contribution < -0.4 is 4.74 Å². The number of ether oxygens (including phenoxy) is 2.